The van der Waals surface area contributed by atoms with Gasteiger partial charge in [-0.15, -0.1) is 0 Å². The normalized spacial score (nSPS) is 12.8. The number of primary amides is 1. The standard InChI is InChI=1S/C16H18F2N2O6/c1-7(10(15(23)25-2)16(24)26-3)12(13(19)21)20-14(22)8-5-4-6-9(17)11(8)18/h4-7,10,12H,1-3H3,(H2,19,21)(H,20,22)/t7-,12-/m0/s1. The number of hydrogen-bond acceptors (Lipinski definition) is 6. The highest BCUT2D eigenvalue weighted by molar-refractivity contribution is 5.99. The molecule has 1 aromatic rings. The Hall–Kier alpha value is -3.04. The highest BCUT2D eigenvalue weighted by Gasteiger charge is 2.41. The lowest BCUT2D eigenvalue weighted by Crippen LogP contribution is -2.53. The van der Waals surface area contributed by atoms with Gasteiger partial charge in [-0.1, -0.05) is 13.0 Å². The predicted octanol–water partition coefficient (Wildman–Crippen LogP) is 0.147. The molecule has 142 valence electrons. The number of nitrogens with two attached hydrogens (primary N) is 1. The van der Waals surface area contributed by atoms with Gasteiger partial charge in [0.05, 0.1) is 19.8 Å². The van der Waals surface area contributed by atoms with Gasteiger partial charge in [-0.3, -0.25) is 19.2 Å². The summed E-state index contributed by atoms with van der Waals surface area (Å²) in [5, 5.41) is 2.10. The number of halogens is 2. The van der Waals surface area contributed by atoms with Crippen molar-refractivity contribution in [1.82, 2.24) is 5.32 Å². The van der Waals surface area contributed by atoms with Crippen LogP contribution in [-0.4, -0.2) is 44.0 Å². The monoisotopic (exact) mass is 372 g/mol. The lowest BCUT2D eigenvalue weighted by atomic mass is 9.86. The average molecular weight is 372 g/mol. The molecule has 0 aliphatic rings. The summed E-state index contributed by atoms with van der Waals surface area (Å²) >= 11 is 0. The number of amides is 2. The summed E-state index contributed by atoms with van der Waals surface area (Å²) in [6.45, 7) is 1.27. The molecule has 1 rings (SSSR count). The van der Waals surface area contributed by atoms with Crippen molar-refractivity contribution in [2.75, 3.05) is 14.2 Å². The summed E-state index contributed by atoms with van der Waals surface area (Å²) in [5.74, 6) is -9.70. The minimum atomic E-state index is -1.57. The van der Waals surface area contributed by atoms with Crippen molar-refractivity contribution in [3.8, 4) is 0 Å². The highest BCUT2D eigenvalue weighted by atomic mass is 19.2. The Kier molecular flexibility index (Phi) is 7.17. The van der Waals surface area contributed by atoms with Crippen molar-refractivity contribution in [3.05, 3.63) is 35.4 Å². The van der Waals surface area contributed by atoms with E-state index < -0.39 is 58.8 Å². The lowest BCUT2D eigenvalue weighted by Gasteiger charge is -2.26. The van der Waals surface area contributed by atoms with Crippen LogP contribution in [0.4, 0.5) is 8.78 Å². The Morgan fingerprint density at radius 1 is 1.08 bits per heavy atom. The van der Waals surface area contributed by atoms with E-state index in [0.717, 1.165) is 32.4 Å². The van der Waals surface area contributed by atoms with E-state index in [0.29, 0.717) is 0 Å². The molecule has 0 spiro atoms. The van der Waals surface area contributed by atoms with Gasteiger partial charge in [0.15, 0.2) is 17.6 Å². The SMILES string of the molecule is COC(=O)C(C(=O)OC)[C@H](C)[C@H](NC(=O)c1cccc(F)c1F)C(N)=O. The summed E-state index contributed by atoms with van der Waals surface area (Å²) in [6, 6.07) is 1.34. The third-order valence-corrected chi connectivity index (χ3v) is 3.75. The molecule has 2 atom stereocenters. The average Bonchev–Trinajstić information content (AvgIpc) is 2.60. The van der Waals surface area contributed by atoms with E-state index in [1.54, 1.807) is 0 Å². The first-order valence-corrected chi connectivity index (χ1v) is 7.35. The van der Waals surface area contributed by atoms with Crippen LogP contribution in [0.5, 0.6) is 0 Å². The number of hydrogen-bond donors (Lipinski definition) is 2. The van der Waals surface area contributed by atoms with Crippen molar-refractivity contribution in [1.29, 1.82) is 0 Å². The number of benzene rings is 1. The number of esters is 2. The molecule has 0 unspecified atom stereocenters. The van der Waals surface area contributed by atoms with Gasteiger partial charge >= 0.3 is 11.9 Å². The van der Waals surface area contributed by atoms with Crippen LogP contribution >= 0.6 is 0 Å². The second kappa shape index (κ2) is 8.88. The number of carbonyl (C=O) groups is 4. The summed E-state index contributed by atoms with van der Waals surface area (Å²) in [7, 11) is 2.04. The van der Waals surface area contributed by atoms with Crippen LogP contribution in [0.1, 0.15) is 17.3 Å². The van der Waals surface area contributed by atoms with Gasteiger partial charge in [0.2, 0.25) is 5.91 Å². The van der Waals surface area contributed by atoms with Crippen molar-refractivity contribution >= 4 is 23.8 Å². The maximum absolute atomic E-state index is 13.7. The first-order chi connectivity index (χ1) is 12.1. The van der Waals surface area contributed by atoms with Gasteiger partial charge < -0.3 is 20.5 Å². The van der Waals surface area contributed by atoms with Gasteiger partial charge in [-0.2, -0.15) is 0 Å². The van der Waals surface area contributed by atoms with Crippen molar-refractivity contribution < 1.29 is 37.4 Å². The van der Waals surface area contributed by atoms with Crippen LogP contribution in [0.2, 0.25) is 0 Å². The molecule has 26 heavy (non-hydrogen) atoms. The van der Waals surface area contributed by atoms with Crippen LogP contribution in [0.25, 0.3) is 0 Å². The summed E-state index contributed by atoms with van der Waals surface area (Å²) in [5.41, 5.74) is 4.56. The molecule has 0 saturated heterocycles. The van der Waals surface area contributed by atoms with E-state index >= 15 is 0 Å². The number of nitrogens with one attached hydrogen (secondary N) is 1. The molecule has 8 nitrogen and oxygen atoms in total. The second-order valence-electron chi connectivity index (χ2n) is 5.34. The van der Waals surface area contributed by atoms with Gasteiger partial charge in [0, 0.05) is 5.92 Å². The Morgan fingerprint density at radius 3 is 2.08 bits per heavy atom. The number of rotatable bonds is 7. The minimum absolute atomic E-state index is 0.670. The molecule has 0 bridgehead atoms. The smallest absolute Gasteiger partial charge is 0.320 e. The molecule has 10 heteroatoms. The topological polar surface area (TPSA) is 125 Å². The summed E-state index contributed by atoms with van der Waals surface area (Å²) in [6.07, 6.45) is 0. The number of ether oxygens (including phenoxy) is 2. The largest absolute Gasteiger partial charge is 0.468 e. The first kappa shape index (κ1) is 21.0. The molecule has 3 N–H and O–H groups in total. The van der Waals surface area contributed by atoms with Crippen LogP contribution in [0.15, 0.2) is 18.2 Å². The maximum Gasteiger partial charge on any atom is 0.320 e. The Bertz CT molecular complexity index is 709. The fourth-order valence-electron chi connectivity index (χ4n) is 2.33. The Balaban J connectivity index is 3.16. The Labute approximate surface area is 147 Å². The maximum atomic E-state index is 13.7. The van der Waals surface area contributed by atoms with E-state index in [1.165, 1.54) is 6.92 Å². The quantitative estimate of drug-likeness (QED) is 0.518. The van der Waals surface area contributed by atoms with E-state index in [1.807, 2.05) is 0 Å². The fourth-order valence-corrected chi connectivity index (χ4v) is 2.33. The molecule has 0 aromatic heterocycles. The Morgan fingerprint density at radius 2 is 1.62 bits per heavy atom. The lowest BCUT2D eigenvalue weighted by molar-refractivity contribution is -0.161. The first-order valence-electron chi connectivity index (χ1n) is 7.35. The third-order valence-electron chi connectivity index (χ3n) is 3.75. The van der Waals surface area contributed by atoms with Crippen LogP contribution in [0.3, 0.4) is 0 Å². The molecular formula is C16H18F2N2O6. The fraction of sp³-hybridized carbons (Fsp3) is 0.375. The van der Waals surface area contributed by atoms with Gasteiger partial charge in [-0.05, 0) is 12.1 Å². The van der Waals surface area contributed by atoms with Crippen LogP contribution < -0.4 is 11.1 Å². The van der Waals surface area contributed by atoms with Gasteiger partial charge in [-0.25, -0.2) is 8.78 Å². The van der Waals surface area contributed by atoms with Crippen molar-refractivity contribution in [3.63, 3.8) is 0 Å². The predicted molar refractivity (Wildman–Crippen MR) is 83.5 cm³/mol. The third kappa shape index (κ3) is 4.52. The zero-order valence-electron chi connectivity index (χ0n) is 14.2. The van der Waals surface area contributed by atoms with Crippen molar-refractivity contribution in [2.45, 2.75) is 13.0 Å². The van der Waals surface area contributed by atoms with Crippen LogP contribution in [-0.2, 0) is 23.9 Å². The minimum Gasteiger partial charge on any atom is -0.468 e. The second-order valence-corrected chi connectivity index (χ2v) is 5.34. The molecule has 0 aliphatic carbocycles. The molecule has 0 aliphatic heterocycles. The summed E-state index contributed by atoms with van der Waals surface area (Å²) < 4.78 is 36.0. The van der Waals surface area contributed by atoms with E-state index in [2.05, 4.69) is 14.8 Å². The van der Waals surface area contributed by atoms with Gasteiger partial charge in [0.1, 0.15) is 6.04 Å². The zero-order chi connectivity index (χ0) is 20.0. The number of carbonyl (C=O) groups excluding carboxylic acids is 4. The number of methoxy groups -OCH3 is 2. The molecule has 1 aromatic carbocycles. The molecule has 0 heterocycles. The molecule has 2 amide bonds. The molecular weight excluding hydrogens is 354 g/mol. The van der Waals surface area contributed by atoms with Crippen LogP contribution in [0, 0.1) is 23.5 Å². The molecule has 0 radical (unpaired) electrons. The zero-order valence-corrected chi connectivity index (χ0v) is 14.2. The van der Waals surface area contributed by atoms with E-state index in [4.69, 9.17) is 5.73 Å². The highest BCUT2D eigenvalue weighted by Crippen LogP contribution is 2.20. The molecule has 0 saturated carbocycles. The van der Waals surface area contributed by atoms with Gasteiger partial charge in [0.25, 0.3) is 5.91 Å². The molecule has 0 fully saturated rings. The van der Waals surface area contributed by atoms with E-state index in [9.17, 15) is 28.0 Å². The van der Waals surface area contributed by atoms with E-state index in [-0.39, 0.29) is 0 Å². The van der Waals surface area contributed by atoms with Crippen molar-refractivity contribution in [2.24, 2.45) is 17.6 Å². The summed E-state index contributed by atoms with van der Waals surface area (Å²) in [4.78, 5) is 47.6.